The Labute approximate surface area is 138 Å². The molecule has 124 valence electrons. The van der Waals surface area contributed by atoms with Crippen LogP contribution < -0.4 is 4.90 Å². The van der Waals surface area contributed by atoms with Crippen LogP contribution in [0.5, 0.6) is 0 Å². The third-order valence-electron chi connectivity index (χ3n) is 4.73. The highest BCUT2D eigenvalue weighted by Crippen LogP contribution is 2.40. The number of benzene rings is 1. The molecule has 7 heteroatoms. The Balaban J connectivity index is 1.72. The van der Waals surface area contributed by atoms with Gasteiger partial charge in [0.2, 0.25) is 0 Å². The molecule has 2 aromatic heterocycles. The molecule has 0 aliphatic carbocycles. The number of aryl methyl sites for hydroxylation is 1. The number of rotatable bonds is 3. The Hall–Kier alpha value is -2.54. The maximum atomic E-state index is 15.3. The van der Waals surface area contributed by atoms with Gasteiger partial charge >= 0.3 is 0 Å². The third-order valence-corrected chi connectivity index (χ3v) is 4.73. The number of fused-ring (bicyclic) bond motifs is 1. The molecule has 0 bridgehead atoms. The summed E-state index contributed by atoms with van der Waals surface area (Å²) in [6.07, 6.45) is 1.60. The minimum atomic E-state index is -1.70. The van der Waals surface area contributed by atoms with Gasteiger partial charge in [-0.2, -0.15) is 0 Å². The van der Waals surface area contributed by atoms with Crippen molar-refractivity contribution in [2.75, 3.05) is 24.6 Å². The Morgan fingerprint density at radius 1 is 1.33 bits per heavy atom. The van der Waals surface area contributed by atoms with Gasteiger partial charge < -0.3 is 10.0 Å². The van der Waals surface area contributed by atoms with Crippen molar-refractivity contribution < 1.29 is 9.50 Å². The molecule has 3 aromatic rings. The number of hydrogen-bond donors (Lipinski definition) is 1. The van der Waals surface area contributed by atoms with Gasteiger partial charge in [-0.3, -0.25) is 4.40 Å². The summed E-state index contributed by atoms with van der Waals surface area (Å²) in [7, 11) is 0. The molecule has 6 nitrogen and oxygen atoms in total. The number of alkyl halides is 1. The molecule has 2 unspecified atom stereocenters. The molecule has 0 amide bonds. The lowest BCUT2D eigenvalue weighted by Crippen LogP contribution is -2.36. The van der Waals surface area contributed by atoms with E-state index in [1.807, 2.05) is 42.2 Å². The van der Waals surface area contributed by atoms with Gasteiger partial charge in [-0.25, -0.2) is 9.37 Å². The van der Waals surface area contributed by atoms with E-state index in [-0.39, 0.29) is 6.54 Å². The molecule has 4 rings (SSSR count). The van der Waals surface area contributed by atoms with Crippen molar-refractivity contribution in [3.8, 4) is 0 Å². The van der Waals surface area contributed by atoms with E-state index in [1.165, 1.54) is 0 Å². The summed E-state index contributed by atoms with van der Waals surface area (Å²) in [5, 5.41) is 17.6. The Kier molecular flexibility index (Phi) is 3.45. The van der Waals surface area contributed by atoms with Crippen molar-refractivity contribution in [2.24, 2.45) is 0 Å². The quantitative estimate of drug-likeness (QED) is 0.794. The molecule has 2 atom stereocenters. The summed E-state index contributed by atoms with van der Waals surface area (Å²) in [5.74, 6) is 0.992. The number of halogens is 1. The monoisotopic (exact) mass is 327 g/mol. The summed E-state index contributed by atoms with van der Waals surface area (Å²) in [6.45, 7) is 1.90. The zero-order valence-corrected chi connectivity index (χ0v) is 13.3. The first-order chi connectivity index (χ1) is 11.6. The molecule has 1 aliphatic heterocycles. The lowest BCUT2D eigenvalue weighted by Gasteiger charge is -2.23. The van der Waals surface area contributed by atoms with Crippen molar-refractivity contribution in [1.82, 2.24) is 19.6 Å². The number of aliphatic hydroxyl groups is 1. The first kappa shape index (κ1) is 15.0. The van der Waals surface area contributed by atoms with Crippen LogP contribution in [0.3, 0.4) is 0 Å². The molecule has 0 saturated carbocycles. The van der Waals surface area contributed by atoms with Crippen molar-refractivity contribution >= 4 is 11.5 Å². The fourth-order valence-electron chi connectivity index (χ4n) is 3.42. The van der Waals surface area contributed by atoms with E-state index < -0.39 is 18.2 Å². The minimum Gasteiger partial charge on any atom is -0.393 e. The maximum Gasteiger partial charge on any atom is 0.165 e. The molecule has 0 radical (unpaired) electrons. The maximum absolute atomic E-state index is 15.3. The van der Waals surface area contributed by atoms with Crippen LogP contribution in [0.15, 0.2) is 42.7 Å². The third kappa shape index (κ3) is 2.32. The molecule has 1 aliphatic rings. The predicted molar refractivity (Wildman–Crippen MR) is 87.8 cm³/mol. The topological polar surface area (TPSA) is 66.5 Å². The normalized spacial score (nSPS) is 24.0. The Bertz CT molecular complexity index is 868. The number of hydrogen-bond acceptors (Lipinski definition) is 5. The van der Waals surface area contributed by atoms with Crippen LogP contribution in [0, 0.1) is 6.92 Å². The number of anilines is 1. The number of aromatic nitrogens is 4. The van der Waals surface area contributed by atoms with Crippen molar-refractivity contribution in [3.63, 3.8) is 0 Å². The largest absolute Gasteiger partial charge is 0.393 e. The van der Waals surface area contributed by atoms with Gasteiger partial charge in [0.15, 0.2) is 11.3 Å². The fourth-order valence-corrected chi connectivity index (χ4v) is 3.42. The predicted octanol–water partition coefficient (Wildman–Crippen LogP) is 1.74. The summed E-state index contributed by atoms with van der Waals surface area (Å²) in [5.41, 5.74) is -0.137. The lowest BCUT2D eigenvalue weighted by molar-refractivity contribution is 0.0751. The van der Waals surface area contributed by atoms with E-state index in [0.29, 0.717) is 18.0 Å². The number of nitrogens with zero attached hydrogens (tertiary/aromatic N) is 5. The highest BCUT2D eigenvalue weighted by Gasteiger charge is 2.48. The summed E-state index contributed by atoms with van der Waals surface area (Å²) >= 11 is 0. The highest BCUT2D eigenvalue weighted by molar-refractivity contribution is 5.53. The molecule has 1 fully saturated rings. The van der Waals surface area contributed by atoms with Crippen LogP contribution in [0.1, 0.15) is 17.3 Å². The Morgan fingerprint density at radius 2 is 2.12 bits per heavy atom. The van der Waals surface area contributed by atoms with Gasteiger partial charge in [0, 0.05) is 18.5 Å². The second-order valence-corrected chi connectivity index (χ2v) is 6.26. The second-order valence-electron chi connectivity index (χ2n) is 6.26. The fraction of sp³-hybridized carbons (Fsp3) is 0.353. The van der Waals surface area contributed by atoms with E-state index >= 15 is 4.39 Å². The minimum absolute atomic E-state index is 0.0970. The standard InChI is InChI=1S/C17H18FN5O/c1-12-20-15(7-16-21-19-11-23(12)16)22-8-14(17(18,9-22)10-24)13-5-3-2-4-6-13/h2-7,11,14,24H,8-10H2,1H3. The zero-order valence-electron chi connectivity index (χ0n) is 13.3. The average molecular weight is 327 g/mol. The molecular formula is C17H18FN5O. The van der Waals surface area contributed by atoms with Gasteiger partial charge in [-0.05, 0) is 12.5 Å². The zero-order chi connectivity index (χ0) is 16.7. The molecular weight excluding hydrogens is 309 g/mol. The van der Waals surface area contributed by atoms with Gasteiger partial charge in [0.05, 0.1) is 13.2 Å². The Morgan fingerprint density at radius 3 is 2.88 bits per heavy atom. The highest BCUT2D eigenvalue weighted by atomic mass is 19.1. The van der Waals surface area contributed by atoms with Crippen LogP contribution in [-0.2, 0) is 0 Å². The molecule has 1 N–H and O–H groups in total. The van der Waals surface area contributed by atoms with Gasteiger partial charge in [0.1, 0.15) is 18.0 Å². The van der Waals surface area contributed by atoms with Gasteiger partial charge in [-0.15, -0.1) is 10.2 Å². The van der Waals surface area contributed by atoms with E-state index in [2.05, 4.69) is 15.2 Å². The molecule has 3 heterocycles. The van der Waals surface area contributed by atoms with E-state index in [9.17, 15) is 5.11 Å². The van der Waals surface area contributed by atoms with E-state index in [4.69, 9.17) is 0 Å². The van der Waals surface area contributed by atoms with Gasteiger partial charge in [-0.1, -0.05) is 30.3 Å². The summed E-state index contributed by atoms with van der Waals surface area (Å²) in [6, 6.07) is 11.3. The van der Waals surface area contributed by atoms with Crippen LogP contribution in [-0.4, -0.2) is 50.1 Å². The molecule has 0 spiro atoms. The molecule has 24 heavy (non-hydrogen) atoms. The molecule has 1 aromatic carbocycles. The van der Waals surface area contributed by atoms with E-state index in [0.717, 1.165) is 11.4 Å². The van der Waals surface area contributed by atoms with E-state index in [1.54, 1.807) is 16.8 Å². The van der Waals surface area contributed by atoms with Crippen molar-refractivity contribution in [1.29, 1.82) is 0 Å². The van der Waals surface area contributed by atoms with Crippen molar-refractivity contribution in [3.05, 3.63) is 54.1 Å². The molecule has 1 saturated heterocycles. The smallest absolute Gasteiger partial charge is 0.165 e. The van der Waals surface area contributed by atoms with Crippen LogP contribution in [0.4, 0.5) is 10.2 Å². The number of aliphatic hydroxyl groups excluding tert-OH is 1. The van der Waals surface area contributed by atoms with Crippen LogP contribution >= 0.6 is 0 Å². The van der Waals surface area contributed by atoms with Crippen LogP contribution in [0.25, 0.3) is 5.65 Å². The second kappa shape index (κ2) is 5.52. The first-order valence-corrected chi connectivity index (χ1v) is 7.88. The van der Waals surface area contributed by atoms with Crippen LogP contribution in [0.2, 0.25) is 0 Å². The SMILES string of the molecule is Cc1nc(N2CC(c3ccccc3)C(F)(CO)C2)cc2nncn12. The lowest BCUT2D eigenvalue weighted by atomic mass is 9.87. The van der Waals surface area contributed by atoms with Gasteiger partial charge in [0.25, 0.3) is 0 Å². The average Bonchev–Trinajstić information content (AvgIpc) is 3.21. The van der Waals surface area contributed by atoms with Crippen molar-refractivity contribution in [2.45, 2.75) is 18.5 Å². The summed E-state index contributed by atoms with van der Waals surface area (Å²) < 4.78 is 17.1. The first-order valence-electron chi connectivity index (χ1n) is 7.88. The summed E-state index contributed by atoms with van der Waals surface area (Å²) in [4.78, 5) is 6.41.